The Morgan fingerprint density at radius 3 is 2.54 bits per heavy atom. The fraction of sp³-hybridized carbons (Fsp3) is 0.926. The van der Waals surface area contributed by atoms with Gasteiger partial charge in [-0.1, -0.05) is 65.5 Å². The molecular formula is C27H46O. The fourth-order valence-corrected chi connectivity index (χ4v) is 8.67. The summed E-state index contributed by atoms with van der Waals surface area (Å²) in [7, 11) is 0. The Morgan fingerprint density at radius 1 is 1.00 bits per heavy atom. The van der Waals surface area contributed by atoms with Gasteiger partial charge in [0.05, 0.1) is 6.10 Å². The Kier molecular flexibility index (Phi) is 5.80. The van der Waals surface area contributed by atoms with Gasteiger partial charge in [0.2, 0.25) is 0 Å². The van der Waals surface area contributed by atoms with Gasteiger partial charge >= 0.3 is 0 Å². The zero-order valence-electron chi connectivity index (χ0n) is 19.3. The molecule has 3 fully saturated rings. The van der Waals surface area contributed by atoms with Gasteiger partial charge < -0.3 is 5.11 Å². The van der Waals surface area contributed by atoms with Gasteiger partial charge in [0.15, 0.2) is 0 Å². The van der Waals surface area contributed by atoms with Crippen molar-refractivity contribution in [2.45, 2.75) is 111 Å². The Hall–Kier alpha value is -0.300. The van der Waals surface area contributed by atoms with Crippen molar-refractivity contribution in [3.63, 3.8) is 0 Å². The lowest BCUT2D eigenvalue weighted by Gasteiger charge is -2.58. The summed E-state index contributed by atoms with van der Waals surface area (Å²) in [4.78, 5) is 0. The van der Waals surface area contributed by atoms with Crippen LogP contribution >= 0.6 is 0 Å². The van der Waals surface area contributed by atoms with Crippen molar-refractivity contribution in [1.82, 2.24) is 0 Å². The van der Waals surface area contributed by atoms with Gasteiger partial charge in [-0.25, -0.2) is 0 Å². The summed E-state index contributed by atoms with van der Waals surface area (Å²) < 4.78 is 0. The van der Waals surface area contributed by atoms with Gasteiger partial charge in [0.25, 0.3) is 0 Å². The van der Waals surface area contributed by atoms with E-state index in [2.05, 4.69) is 40.7 Å². The molecule has 0 saturated heterocycles. The minimum absolute atomic E-state index is 0.0766. The third-order valence-electron chi connectivity index (χ3n) is 10.3. The van der Waals surface area contributed by atoms with Gasteiger partial charge in [-0.15, -0.1) is 0 Å². The van der Waals surface area contributed by atoms with E-state index >= 15 is 0 Å². The first-order chi connectivity index (χ1) is 13.3. The van der Waals surface area contributed by atoms with E-state index in [0.717, 1.165) is 48.3 Å². The van der Waals surface area contributed by atoms with Gasteiger partial charge in [-0.3, -0.25) is 0 Å². The Labute approximate surface area is 174 Å². The first-order valence-corrected chi connectivity index (χ1v) is 12.6. The maximum atomic E-state index is 10.2. The number of allylic oxidation sites excluding steroid dienone is 1. The second-order valence-electron chi connectivity index (χ2n) is 12.2. The molecule has 0 bridgehead atoms. The predicted molar refractivity (Wildman–Crippen MR) is 119 cm³/mol. The van der Waals surface area contributed by atoms with Crippen LogP contribution in [0.25, 0.3) is 0 Å². The monoisotopic (exact) mass is 389 g/mol. The number of rotatable bonds is 5. The van der Waals surface area contributed by atoms with Crippen LogP contribution in [0.1, 0.15) is 105 Å². The molecule has 0 aromatic rings. The van der Waals surface area contributed by atoms with Crippen LogP contribution in [0.3, 0.4) is 0 Å². The Morgan fingerprint density at radius 2 is 1.79 bits per heavy atom. The fourth-order valence-electron chi connectivity index (χ4n) is 8.67. The molecule has 0 aliphatic heterocycles. The molecule has 1 heteroatoms. The molecule has 0 heterocycles. The van der Waals surface area contributed by atoms with E-state index in [1.54, 1.807) is 5.57 Å². The first kappa shape index (κ1) is 21.0. The highest BCUT2D eigenvalue weighted by molar-refractivity contribution is 5.25. The van der Waals surface area contributed by atoms with Crippen molar-refractivity contribution in [2.75, 3.05) is 0 Å². The summed E-state index contributed by atoms with van der Waals surface area (Å²) in [5.74, 6) is 5.46. The van der Waals surface area contributed by atoms with E-state index in [1.165, 1.54) is 57.8 Å². The maximum Gasteiger partial charge on any atom is 0.0577 e. The molecule has 4 aliphatic carbocycles. The van der Waals surface area contributed by atoms with Crippen molar-refractivity contribution in [2.24, 2.45) is 46.3 Å². The molecule has 0 amide bonds. The third-order valence-corrected chi connectivity index (χ3v) is 10.3. The molecule has 0 aromatic carbocycles. The molecule has 1 N–H and O–H groups in total. The van der Waals surface area contributed by atoms with E-state index in [1.807, 2.05) is 0 Å². The standard InChI is InChI=1S/C27H46O/c1-18(2)7-6-8-19(3)23-11-12-24-22-10-9-20-17-21(28)13-15-26(20,4)25(22)14-16-27(23,24)5/h9,18-19,21-25,28H,6-8,10-17H2,1-5H3/t19-,21+,22+,23-,24+,25+,26+,27-/m1/s1/i13+1,17+1,21+1. The van der Waals surface area contributed by atoms with E-state index in [-0.39, 0.29) is 6.10 Å². The van der Waals surface area contributed by atoms with E-state index in [9.17, 15) is 5.11 Å². The number of hydrogen-bond donors (Lipinski definition) is 1. The van der Waals surface area contributed by atoms with Crippen molar-refractivity contribution in [3.8, 4) is 0 Å². The number of hydrogen-bond acceptors (Lipinski definition) is 1. The third kappa shape index (κ3) is 3.42. The summed E-state index contributed by atoms with van der Waals surface area (Å²) in [5.41, 5.74) is 2.60. The largest absolute Gasteiger partial charge is 0.393 e. The van der Waals surface area contributed by atoms with E-state index in [0.29, 0.717) is 10.8 Å². The van der Waals surface area contributed by atoms with Gasteiger partial charge in [-0.05, 0) is 97.7 Å². The summed E-state index contributed by atoms with van der Waals surface area (Å²) in [6.45, 7) is 12.6. The van der Waals surface area contributed by atoms with Crippen LogP contribution in [0, 0.1) is 46.3 Å². The normalized spacial score (nSPS) is 46.5. The molecular weight excluding hydrogens is 343 g/mol. The van der Waals surface area contributed by atoms with Crippen LogP contribution in [-0.2, 0) is 0 Å². The van der Waals surface area contributed by atoms with Crippen molar-refractivity contribution in [1.29, 1.82) is 0 Å². The molecule has 8 atom stereocenters. The average molecular weight is 390 g/mol. The first-order valence-electron chi connectivity index (χ1n) is 12.6. The summed E-state index contributed by atoms with van der Waals surface area (Å²) in [5, 5.41) is 10.2. The predicted octanol–water partition coefficient (Wildman–Crippen LogP) is 7.39. The maximum absolute atomic E-state index is 10.2. The summed E-state index contributed by atoms with van der Waals surface area (Å²) in [6, 6.07) is 0. The number of aliphatic hydroxyl groups is 1. The highest BCUT2D eigenvalue weighted by Crippen LogP contribution is 2.67. The highest BCUT2D eigenvalue weighted by Gasteiger charge is 2.59. The minimum atomic E-state index is -0.0766. The van der Waals surface area contributed by atoms with Crippen LogP contribution in [0.15, 0.2) is 11.6 Å². The number of aliphatic hydroxyl groups excluding tert-OH is 1. The average Bonchev–Trinajstić information content (AvgIpc) is 2.99. The lowest BCUT2D eigenvalue weighted by Crippen LogP contribution is -2.50. The van der Waals surface area contributed by atoms with Crippen molar-refractivity contribution in [3.05, 3.63) is 11.6 Å². The molecule has 0 spiro atoms. The number of fused-ring (bicyclic) bond motifs is 5. The van der Waals surface area contributed by atoms with E-state index < -0.39 is 0 Å². The van der Waals surface area contributed by atoms with Crippen LogP contribution in [0.2, 0.25) is 0 Å². The minimum Gasteiger partial charge on any atom is -0.393 e. The van der Waals surface area contributed by atoms with Crippen molar-refractivity contribution < 1.29 is 5.11 Å². The van der Waals surface area contributed by atoms with Crippen LogP contribution in [0.4, 0.5) is 0 Å². The zero-order valence-corrected chi connectivity index (χ0v) is 19.3. The summed E-state index contributed by atoms with van der Waals surface area (Å²) >= 11 is 0. The smallest absolute Gasteiger partial charge is 0.0577 e. The molecule has 4 aliphatic rings. The van der Waals surface area contributed by atoms with Crippen LogP contribution in [0.5, 0.6) is 0 Å². The quantitative estimate of drug-likeness (QED) is 0.384. The summed E-state index contributed by atoms with van der Waals surface area (Å²) in [6.07, 6.45) is 17.2. The molecule has 3 saturated carbocycles. The molecule has 0 unspecified atom stereocenters. The van der Waals surface area contributed by atoms with Crippen LogP contribution in [-0.4, -0.2) is 11.2 Å². The second-order valence-corrected chi connectivity index (χ2v) is 12.2. The SMILES string of the molecule is CC(C)CCC[C@@H](C)[C@H]1CC[C@H]2[C@@H]3CC=C4[13CH2][13C@@H](O)[13CH2]C[C@]4(C)[C@H]3CC[C@]12C. The lowest BCUT2D eigenvalue weighted by molar-refractivity contribution is -0.0573. The van der Waals surface area contributed by atoms with Crippen molar-refractivity contribution >= 4 is 0 Å². The van der Waals surface area contributed by atoms with Crippen LogP contribution < -0.4 is 0 Å². The lowest BCUT2D eigenvalue weighted by atomic mass is 9.49. The molecule has 1 nitrogen and oxygen atoms in total. The molecule has 4 rings (SSSR count). The zero-order chi connectivity index (χ0) is 20.1. The molecule has 28 heavy (non-hydrogen) atoms. The second kappa shape index (κ2) is 7.75. The Balaban J connectivity index is 1.49. The highest BCUT2D eigenvalue weighted by atomic mass is 16.4. The van der Waals surface area contributed by atoms with Gasteiger partial charge in [-0.2, -0.15) is 0 Å². The van der Waals surface area contributed by atoms with E-state index in [4.69, 9.17) is 0 Å². The topological polar surface area (TPSA) is 20.2 Å². The van der Waals surface area contributed by atoms with Gasteiger partial charge in [0.1, 0.15) is 0 Å². The van der Waals surface area contributed by atoms with Gasteiger partial charge in [0, 0.05) is 0 Å². The molecule has 160 valence electrons. The molecule has 0 radical (unpaired) electrons. The molecule has 0 aromatic heterocycles. The Bertz CT molecular complexity index is 591.